The highest BCUT2D eigenvalue weighted by molar-refractivity contribution is 7.09. The minimum Gasteiger partial charge on any atom is -0.475 e. The average Bonchev–Trinajstić information content (AvgIpc) is 3.16. The first-order valence-corrected chi connectivity index (χ1v) is 8.27. The molecule has 0 unspecified atom stereocenters. The second-order valence-electron chi connectivity index (χ2n) is 5.45. The van der Waals surface area contributed by atoms with Crippen molar-refractivity contribution in [1.82, 2.24) is 9.88 Å². The van der Waals surface area contributed by atoms with Crippen LogP contribution in [0.15, 0.2) is 11.6 Å². The lowest BCUT2D eigenvalue weighted by atomic mass is 10.1. The molecule has 1 aromatic rings. The zero-order valence-electron chi connectivity index (χ0n) is 13.0. The van der Waals surface area contributed by atoms with Crippen LogP contribution in [0.25, 0.3) is 0 Å². The second kappa shape index (κ2) is 8.24. The average molecular weight is 368 g/mol. The minimum absolute atomic E-state index is 0.258. The molecule has 3 rings (SSSR count). The first kappa shape index (κ1) is 19.1. The summed E-state index contributed by atoms with van der Waals surface area (Å²) in [5.74, 6) is -2.76. The van der Waals surface area contributed by atoms with Crippen LogP contribution < -0.4 is 0 Å². The fourth-order valence-electron chi connectivity index (χ4n) is 2.95. The molecule has 0 bridgehead atoms. The quantitative estimate of drug-likeness (QED) is 0.882. The molecule has 1 aliphatic heterocycles. The number of methoxy groups -OCH3 is 1. The molecule has 3 atom stereocenters. The Labute approximate surface area is 141 Å². The number of hydrogen-bond donors (Lipinski definition) is 1. The van der Waals surface area contributed by atoms with Crippen molar-refractivity contribution < 1.29 is 32.5 Å². The number of carboxylic acid groups (broad SMARTS) is 1. The van der Waals surface area contributed by atoms with Gasteiger partial charge >= 0.3 is 12.1 Å². The number of hydrogen-bond acceptors (Lipinski definition) is 6. The van der Waals surface area contributed by atoms with Crippen LogP contribution in [0, 0.1) is 0 Å². The summed E-state index contributed by atoms with van der Waals surface area (Å²) in [5, 5.41) is 10.4. The van der Waals surface area contributed by atoms with E-state index < -0.39 is 12.1 Å². The maximum absolute atomic E-state index is 10.6. The Morgan fingerprint density at radius 1 is 1.54 bits per heavy atom. The van der Waals surface area contributed by atoms with Crippen LogP contribution in [0.1, 0.15) is 17.8 Å². The Hall–Kier alpha value is -1.23. The molecule has 24 heavy (non-hydrogen) atoms. The van der Waals surface area contributed by atoms with E-state index in [0.717, 1.165) is 26.1 Å². The molecular weight excluding hydrogens is 349 g/mol. The van der Waals surface area contributed by atoms with Crippen LogP contribution in [-0.2, 0) is 20.8 Å². The molecule has 0 amide bonds. The molecule has 136 valence electrons. The number of ether oxygens (including phenoxy) is 2. The molecule has 2 fully saturated rings. The maximum Gasteiger partial charge on any atom is 0.490 e. The maximum atomic E-state index is 10.6. The Morgan fingerprint density at radius 2 is 2.25 bits per heavy atom. The van der Waals surface area contributed by atoms with Gasteiger partial charge in [0.05, 0.1) is 25.4 Å². The highest BCUT2D eigenvalue weighted by atomic mass is 32.1. The zero-order chi connectivity index (χ0) is 17.7. The van der Waals surface area contributed by atoms with Gasteiger partial charge in [-0.05, 0) is 12.8 Å². The first-order valence-electron chi connectivity index (χ1n) is 7.40. The van der Waals surface area contributed by atoms with Gasteiger partial charge in [-0.15, -0.1) is 11.3 Å². The van der Waals surface area contributed by atoms with Crippen molar-refractivity contribution in [2.45, 2.75) is 43.8 Å². The van der Waals surface area contributed by atoms with E-state index >= 15 is 0 Å². The molecular formula is C14H19F3N2O4S. The summed E-state index contributed by atoms with van der Waals surface area (Å²) in [5.41, 5.74) is 0. The number of rotatable bonds is 3. The van der Waals surface area contributed by atoms with Crippen molar-refractivity contribution in [2.24, 2.45) is 0 Å². The van der Waals surface area contributed by atoms with E-state index in [-0.39, 0.29) is 12.2 Å². The van der Waals surface area contributed by atoms with Crippen molar-refractivity contribution in [3.63, 3.8) is 0 Å². The Balaban J connectivity index is 0.000000256. The number of alkyl halides is 3. The topological polar surface area (TPSA) is 71.9 Å². The number of halogens is 3. The summed E-state index contributed by atoms with van der Waals surface area (Å²) in [6.07, 6.45) is -0.382. The fourth-order valence-corrected chi connectivity index (χ4v) is 3.59. The van der Waals surface area contributed by atoms with E-state index in [4.69, 9.17) is 19.4 Å². The molecule has 2 heterocycles. The Morgan fingerprint density at radius 3 is 2.79 bits per heavy atom. The van der Waals surface area contributed by atoms with Gasteiger partial charge in [-0.2, -0.15) is 13.2 Å². The smallest absolute Gasteiger partial charge is 0.475 e. The van der Waals surface area contributed by atoms with E-state index in [1.807, 2.05) is 11.6 Å². The summed E-state index contributed by atoms with van der Waals surface area (Å²) in [4.78, 5) is 15.8. The lowest BCUT2D eigenvalue weighted by Gasteiger charge is -2.38. The highest BCUT2D eigenvalue weighted by Crippen LogP contribution is 2.32. The van der Waals surface area contributed by atoms with E-state index in [1.165, 1.54) is 11.4 Å². The predicted molar refractivity (Wildman–Crippen MR) is 79.8 cm³/mol. The van der Waals surface area contributed by atoms with Gasteiger partial charge in [-0.3, -0.25) is 4.90 Å². The lowest BCUT2D eigenvalue weighted by Crippen LogP contribution is -2.51. The monoisotopic (exact) mass is 368 g/mol. The highest BCUT2D eigenvalue weighted by Gasteiger charge is 2.43. The van der Waals surface area contributed by atoms with Gasteiger partial charge in [0, 0.05) is 31.3 Å². The molecule has 0 radical (unpaired) electrons. The van der Waals surface area contributed by atoms with Crippen LogP contribution in [0.2, 0.25) is 0 Å². The van der Waals surface area contributed by atoms with Crippen LogP contribution >= 0.6 is 11.3 Å². The molecule has 2 aliphatic rings. The Bertz CT molecular complexity index is 527. The molecule has 1 aliphatic carbocycles. The van der Waals surface area contributed by atoms with Gasteiger partial charge < -0.3 is 14.6 Å². The van der Waals surface area contributed by atoms with Gasteiger partial charge in [0.1, 0.15) is 5.01 Å². The summed E-state index contributed by atoms with van der Waals surface area (Å²) < 4.78 is 43.1. The molecule has 0 aromatic carbocycles. The zero-order valence-corrected chi connectivity index (χ0v) is 13.8. The van der Waals surface area contributed by atoms with E-state index in [9.17, 15) is 13.2 Å². The number of aromatic nitrogens is 1. The van der Waals surface area contributed by atoms with Crippen molar-refractivity contribution in [3.05, 3.63) is 16.6 Å². The molecule has 10 heteroatoms. The van der Waals surface area contributed by atoms with Gasteiger partial charge in [-0.1, -0.05) is 0 Å². The lowest BCUT2D eigenvalue weighted by molar-refractivity contribution is -0.192. The minimum atomic E-state index is -5.08. The first-order chi connectivity index (χ1) is 11.3. The number of fused-ring (bicyclic) bond motifs is 1. The number of nitrogens with zero attached hydrogens (tertiary/aromatic N) is 2. The molecule has 1 aromatic heterocycles. The van der Waals surface area contributed by atoms with Crippen molar-refractivity contribution in [2.75, 3.05) is 20.3 Å². The number of carbonyl (C=O) groups is 1. The second-order valence-corrected chi connectivity index (χ2v) is 6.43. The number of carboxylic acids is 1. The van der Waals surface area contributed by atoms with Gasteiger partial charge in [0.25, 0.3) is 0 Å². The molecule has 0 spiro atoms. The third-order valence-corrected chi connectivity index (χ3v) is 4.78. The Kier molecular flexibility index (Phi) is 6.55. The fraction of sp³-hybridized carbons (Fsp3) is 0.714. The van der Waals surface area contributed by atoms with Crippen molar-refractivity contribution >= 4 is 17.3 Å². The molecule has 1 saturated carbocycles. The van der Waals surface area contributed by atoms with E-state index in [2.05, 4.69) is 9.88 Å². The van der Waals surface area contributed by atoms with Crippen LogP contribution in [0.3, 0.4) is 0 Å². The van der Waals surface area contributed by atoms with Crippen LogP contribution in [-0.4, -0.2) is 65.6 Å². The predicted octanol–water partition coefficient (Wildman–Crippen LogP) is 2.15. The van der Waals surface area contributed by atoms with Crippen molar-refractivity contribution in [3.8, 4) is 0 Å². The van der Waals surface area contributed by atoms with Crippen molar-refractivity contribution in [1.29, 1.82) is 0 Å². The molecule has 6 nitrogen and oxygen atoms in total. The summed E-state index contributed by atoms with van der Waals surface area (Å²) in [6, 6.07) is 0.512. The standard InChI is InChI=1S/C12H18N2O2S.C2HF3O2/c1-15-10-3-2-9-12(10)16-6-5-14(9)8-11-13-4-7-17-11;3-2(4,5)1(6)7/h4,7,9-10,12H,2-3,5-6,8H2,1H3;(H,6,7)/t9-,10+,12+;/m0./s1. The summed E-state index contributed by atoms with van der Waals surface area (Å²) >= 11 is 1.73. The van der Waals surface area contributed by atoms with Gasteiger partial charge in [0.2, 0.25) is 0 Å². The number of aliphatic carboxylic acids is 1. The number of morpholine rings is 1. The summed E-state index contributed by atoms with van der Waals surface area (Å²) in [7, 11) is 1.79. The SMILES string of the molecule is CO[C@@H]1CC[C@H]2[C@H]1OCCN2Cc1nccs1.O=C(O)C(F)(F)F. The largest absolute Gasteiger partial charge is 0.490 e. The van der Waals surface area contributed by atoms with Gasteiger partial charge in [-0.25, -0.2) is 9.78 Å². The number of thiazole rings is 1. The third-order valence-electron chi connectivity index (χ3n) is 4.02. The van der Waals surface area contributed by atoms with Gasteiger partial charge in [0.15, 0.2) is 0 Å². The third kappa shape index (κ3) is 4.88. The van der Waals surface area contributed by atoms with E-state index in [1.54, 1.807) is 18.4 Å². The summed E-state index contributed by atoms with van der Waals surface area (Å²) in [6.45, 7) is 2.78. The molecule has 1 saturated heterocycles. The normalized spacial score (nSPS) is 27.2. The van der Waals surface area contributed by atoms with Crippen LogP contribution in [0.4, 0.5) is 13.2 Å². The van der Waals surface area contributed by atoms with E-state index in [0.29, 0.717) is 6.04 Å². The van der Waals surface area contributed by atoms with Crippen LogP contribution in [0.5, 0.6) is 0 Å². The molecule has 1 N–H and O–H groups in total.